The lowest BCUT2D eigenvalue weighted by molar-refractivity contribution is -0.311. The van der Waals surface area contributed by atoms with Crippen molar-refractivity contribution in [1.29, 1.82) is 0 Å². The molecule has 0 spiro atoms. The molecule has 0 bridgehead atoms. The highest BCUT2D eigenvalue weighted by Gasteiger charge is 2.73. The van der Waals surface area contributed by atoms with Crippen LogP contribution in [-0.2, 0) is 25.5 Å². The number of hydrogen-bond donors (Lipinski definition) is 1. The van der Waals surface area contributed by atoms with Crippen molar-refractivity contribution in [3.8, 4) is 0 Å². The molecular formula is C24H32O6. The van der Waals surface area contributed by atoms with Gasteiger partial charge in [-0.15, -0.1) is 0 Å². The van der Waals surface area contributed by atoms with E-state index >= 15 is 0 Å². The molecule has 4 rings (SSSR count). The molecule has 3 aliphatic rings. The van der Waals surface area contributed by atoms with Crippen LogP contribution in [0.3, 0.4) is 0 Å². The fourth-order valence-corrected chi connectivity index (χ4v) is 6.88. The number of rotatable bonds is 2. The van der Waals surface area contributed by atoms with E-state index in [4.69, 9.17) is 13.9 Å². The van der Waals surface area contributed by atoms with Crippen LogP contribution in [0, 0.1) is 22.7 Å². The fourth-order valence-electron chi connectivity index (χ4n) is 6.88. The number of hydrogen-bond acceptors (Lipinski definition) is 6. The van der Waals surface area contributed by atoms with Crippen molar-refractivity contribution in [2.45, 2.75) is 78.1 Å². The first-order valence-corrected chi connectivity index (χ1v) is 10.8. The van der Waals surface area contributed by atoms with E-state index < -0.39 is 34.6 Å². The summed E-state index contributed by atoms with van der Waals surface area (Å²) in [5.41, 5.74) is -0.855. The van der Waals surface area contributed by atoms with Crippen LogP contribution >= 0.6 is 0 Å². The third-order valence-corrected chi connectivity index (χ3v) is 8.30. The topological polar surface area (TPSA) is 86.0 Å². The molecule has 30 heavy (non-hydrogen) atoms. The van der Waals surface area contributed by atoms with Gasteiger partial charge in [-0.3, -0.25) is 9.59 Å². The molecule has 0 saturated heterocycles. The van der Waals surface area contributed by atoms with Crippen molar-refractivity contribution in [2.24, 2.45) is 22.7 Å². The Morgan fingerprint density at radius 1 is 1.17 bits per heavy atom. The molecule has 164 valence electrons. The first kappa shape index (κ1) is 21.2. The molecule has 6 unspecified atom stereocenters. The van der Waals surface area contributed by atoms with Crippen LogP contribution in [0.2, 0.25) is 0 Å². The zero-order chi connectivity index (χ0) is 22.1. The quantitative estimate of drug-likeness (QED) is 0.736. The molecule has 6 atom stereocenters. The summed E-state index contributed by atoms with van der Waals surface area (Å²) in [6.45, 7) is 13.1. The maximum Gasteiger partial charge on any atom is 0.303 e. The van der Waals surface area contributed by atoms with Gasteiger partial charge in [-0.1, -0.05) is 27.4 Å². The first-order valence-electron chi connectivity index (χ1n) is 10.8. The third kappa shape index (κ3) is 2.65. The molecule has 2 fully saturated rings. The van der Waals surface area contributed by atoms with Gasteiger partial charge in [-0.2, -0.15) is 0 Å². The van der Waals surface area contributed by atoms with E-state index in [1.165, 1.54) is 13.8 Å². The van der Waals surface area contributed by atoms with Crippen LogP contribution in [0.4, 0.5) is 0 Å². The van der Waals surface area contributed by atoms with E-state index in [0.717, 1.165) is 16.9 Å². The molecule has 0 radical (unpaired) electrons. The number of ether oxygens (including phenoxy) is 2. The number of furan rings is 1. The second-order valence-electron chi connectivity index (χ2n) is 10.1. The highest BCUT2D eigenvalue weighted by atomic mass is 16.6. The highest BCUT2D eigenvalue weighted by molar-refractivity contribution is 5.70. The van der Waals surface area contributed by atoms with Crippen LogP contribution in [0.15, 0.2) is 23.3 Å². The Balaban J connectivity index is 1.92. The number of carbonyl (C=O) groups excluding carboxylic acids is 2. The molecule has 3 aliphatic carbocycles. The molecular weight excluding hydrogens is 384 g/mol. The Morgan fingerprint density at radius 2 is 1.80 bits per heavy atom. The molecule has 6 heteroatoms. The average molecular weight is 417 g/mol. The maximum atomic E-state index is 12.5. The van der Waals surface area contributed by atoms with E-state index in [1.54, 1.807) is 6.26 Å². The molecule has 2 saturated carbocycles. The summed E-state index contributed by atoms with van der Waals surface area (Å²) < 4.78 is 17.4. The van der Waals surface area contributed by atoms with Crippen LogP contribution in [0.5, 0.6) is 0 Å². The number of aliphatic hydroxyl groups is 1. The van der Waals surface area contributed by atoms with Crippen molar-refractivity contribution in [2.75, 3.05) is 0 Å². The lowest BCUT2D eigenvalue weighted by Gasteiger charge is -2.68. The molecule has 0 amide bonds. The first-order chi connectivity index (χ1) is 13.9. The minimum absolute atomic E-state index is 0.0170. The van der Waals surface area contributed by atoms with Crippen molar-refractivity contribution >= 4 is 17.5 Å². The number of allylic oxidation sites excluding steroid dienone is 1. The van der Waals surface area contributed by atoms with Crippen LogP contribution < -0.4 is 0 Å². The molecule has 0 aromatic carbocycles. The Hall–Kier alpha value is -2.08. The van der Waals surface area contributed by atoms with Crippen molar-refractivity contribution in [3.05, 3.63) is 30.2 Å². The van der Waals surface area contributed by atoms with Gasteiger partial charge in [0, 0.05) is 31.2 Å². The Bertz CT molecular complexity index is 897. The Kier molecular flexibility index (Phi) is 4.73. The maximum absolute atomic E-state index is 12.5. The largest absolute Gasteiger partial charge is 0.469 e. The Labute approximate surface area is 177 Å². The van der Waals surface area contributed by atoms with Crippen molar-refractivity contribution in [3.63, 3.8) is 0 Å². The number of esters is 2. The summed E-state index contributed by atoms with van der Waals surface area (Å²) in [6, 6.07) is 1.92. The van der Waals surface area contributed by atoms with Gasteiger partial charge in [0.2, 0.25) is 0 Å². The van der Waals surface area contributed by atoms with Gasteiger partial charge in [-0.25, -0.2) is 0 Å². The zero-order valence-electron chi connectivity index (χ0n) is 18.5. The smallest absolute Gasteiger partial charge is 0.303 e. The van der Waals surface area contributed by atoms with Gasteiger partial charge in [0.25, 0.3) is 0 Å². The van der Waals surface area contributed by atoms with Crippen LogP contribution in [-0.4, -0.2) is 34.9 Å². The van der Waals surface area contributed by atoms with E-state index in [2.05, 4.69) is 6.58 Å². The van der Waals surface area contributed by atoms with Crippen molar-refractivity contribution in [1.82, 2.24) is 0 Å². The predicted octanol–water partition coefficient (Wildman–Crippen LogP) is 3.91. The summed E-state index contributed by atoms with van der Waals surface area (Å²) in [5, 5.41) is 12.5. The van der Waals surface area contributed by atoms with Gasteiger partial charge >= 0.3 is 11.9 Å². The summed E-state index contributed by atoms with van der Waals surface area (Å²) in [6.07, 6.45) is 2.84. The fraction of sp³-hybridized carbons (Fsp3) is 0.667. The SMILES string of the molecule is C=C1c2ccoc2CC2C1CC(OC(C)=O)C1(O)C(C)(C)CCC(OC(C)=O)C21C. The molecule has 6 nitrogen and oxygen atoms in total. The molecule has 1 heterocycles. The second kappa shape index (κ2) is 6.71. The van der Waals surface area contributed by atoms with E-state index in [0.29, 0.717) is 25.7 Å². The Morgan fingerprint density at radius 3 is 2.43 bits per heavy atom. The summed E-state index contributed by atoms with van der Waals surface area (Å²) in [4.78, 5) is 24.1. The van der Waals surface area contributed by atoms with Gasteiger partial charge in [0.15, 0.2) is 0 Å². The summed E-state index contributed by atoms with van der Waals surface area (Å²) >= 11 is 0. The lowest BCUT2D eigenvalue weighted by Crippen LogP contribution is -2.76. The van der Waals surface area contributed by atoms with E-state index in [-0.39, 0.29) is 17.8 Å². The van der Waals surface area contributed by atoms with Gasteiger partial charge < -0.3 is 19.0 Å². The summed E-state index contributed by atoms with van der Waals surface area (Å²) in [7, 11) is 0. The third-order valence-electron chi connectivity index (χ3n) is 8.30. The monoisotopic (exact) mass is 416 g/mol. The predicted molar refractivity (Wildman–Crippen MR) is 110 cm³/mol. The molecule has 1 aromatic heterocycles. The highest BCUT2D eigenvalue weighted by Crippen LogP contribution is 2.67. The van der Waals surface area contributed by atoms with Gasteiger partial charge in [0.1, 0.15) is 23.6 Å². The van der Waals surface area contributed by atoms with E-state index in [9.17, 15) is 14.7 Å². The minimum Gasteiger partial charge on any atom is -0.469 e. The van der Waals surface area contributed by atoms with Gasteiger partial charge in [0.05, 0.1) is 6.26 Å². The number of fused-ring (bicyclic) bond motifs is 4. The van der Waals surface area contributed by atoms with E-state index in [1.807, 2.05) is 26.8 Å². The lowest BCUT2D eigenvalue weighted by atomic mass is 9.40. The minimum atomic E-state index is -1.38. The molecule has 0 aliphatic heterocycles. The number of carbonyl (C=O) groups is 2. The van der Waals surface area contributed by atoms with Crippen LogP contribution in [0.25, 0.3) is 5.57 Å². The standard InChI is InChI=1S/C24H32O6/c1-13-16-8-10-28-19(16)12-18-17(13)11-21(30-15(3)26)24(27)22(4,5)9-7-20(23(18,24)6)29-14(2)25/h8,10,17-18,20-21,27H,1,7,9,11-12H2,2-6H3. The second-order valence-corrected chi connectivity index (χ2v) is 10.1. The van der Waals surface area contributed by atoms with Gasteiger partial charge in [-0.05, 0) is 48.2 Å². The van der Waals surface area contributed by atoms with Crippen molar-refractivity contribution < 1.29 is 28.6 Å². The summed E-state index contributed by atoms with van der Waals surface area (Å²) in [5.74, 6) is -0.0328. The average Bonchev–Trinajstić information content (AvgIpc) is 3.11. The normalized spacial score (nSPS) is 39.3. The molecule has 1 N–H and O–H groups in total. The van der Waals surface area contributed by atoms with Crippen LogP contribution in [0.1, 0.15) is 65.2 Å². The molecule has 1 aromatic rings. The zero-order valence-corrected chi connectivity index (χ0v) is 18.5.